The number of amides is 1. The number of methoxy groups -OCH3 is 1. The van der Waals surface area contributed by atoms with Crippen molar-refractivity contribution in [3.05, 3.63) is 69.0 Å². The number of nitrogens with one attached hydrogen (secondary N) is 1. The summed E-state index contributed by atoms with van der Waals surface area (Å²) in [6.07, 6.45) is 0. The number of halogens is 2. The molecule has 4 rings (SSSR count). The first-order valence-corrected chi connectivity index (χ1v) is 13.2. The number of aromatic nitrogens is 1. The van der Waals surface area contributed by atoms with Crippen LogP contribution in [0.4, 0.5) is 8.78 Å². The van der Waals surface area contributed by atoms with Crippen LogP contribution in [0.2, 0.25) is 0 Å². The Hall–Kier alpha value is -3.45. The highest BCUT2D eigenvalue weighted by molar-refractivity contribution is 7.19. The first kappa shape index (κ1) is 27.6. The average Bonchev–Trinajstić information content (AvgIpc) is 3.55. The third-order valence-corrected chi connectivity index (χ3v) is 7.54. The zero-order chi connectivity index (χ0) is 27.2. The number of carboxylic acids is 1. The van der Waals surface area contributed by atoms with Crippen LogP contribution >= 0.6 is 22.7 Å². The third-order valence-electron chi connectivity index (χ3n) is 5.58. The van der Waals surface area contributed by atoms with Crippen molar-refractivity contribution in [3.63, 3.8) is 0 Å². The van der Waals surface area contributed by atoms with Crippen LogP contribution in [0.3, 0.4) is 0 Å². The highest BCUT2D eigenvalue weighted by Gasteiger charge is 2.21. The molecule has 0 fully saturated rings. The lowest BCUT2D eigenvalue weighted by Gasteiger charge is -2.19. The molecule has 0 spiro atoms. The number of thiophene rings is 1. The molecule has 0 unspecified atom stereocenters. The van der Waals surface area contributed by atoms with Crippen molar-refractivity contribution in [3.8, 4) is 16.9 Å². The van der Waals surface area contributed by atoms with E-state index in [1.165, 1.54) is 33.6 Å². The number of rotatable bonds is 12. The first-order valence-electron chi connectivity index (χ1n) is 11.5. The second-order valence-electron chi connectivity index (χ2n) is 8.27. The summed E-state index contributed by atoms with van der Waals surface area (Å²) in [5.74, 6) is -2.83. The van der Waals surface area contributed by atoms with E-state index in [2.05, 4.69) is 10.3 Å². The lowest BCUT2D eigenvalue weighted by atomic mass is 10.0. The Bertz CT molecular complexity index is 1440. The molecule has 0 saturated heterocycles. The third kappa shape index (κ3) is 6.33. The minimum Gasteiger partial charge on any atom is -0.486 e. The van der Waals surface area contributed by atoms with Crippen molar-refractivity contribution >= 4 is 44.6 Å². The molecule has 2 N–H and O–H groups in total. The fourth-order valence-corrected chi connectivity index (χ4v) is 5.63. The molecule has 2 heterocycles. The molecule has 0 aliphatic carbocycles. The standard InChI is InChI=1S/C26H25F2N3O5S2/c1-29-7-8-31(11-23(32)33)26(34)21-14-37-22(30-21)13-36-16-5-3-15(4-6-16)18-10-20(27)24(28)19-9-17(12-35-2)38-25(18)19/h3-6,9-10,14,29H,7-8,11-13H2,1-2H3,(H,32,33). The van der Waals surface area contributed by atoms with E-state index in [1.807, 2.05) is 0 Å². The van der Waals surface area contributed by atoms with Gasteiger partial charge in [0.2, 0.25) is 0 Å². The van der Waals surface area contributed by atoms with Gasteiger partial charge in [-0.1, -0.05) is 12.1 Å². The van der Waals surface area contributed by atoms with Crippen molar-refractivity contribution in [2.75, 3.05) is 33.8 Å². The summed E-state index contributed by atoms with van der Waals surface area (Å²) in [5.41, 5.74) is 1.44. The second-order valence-corrected chi connectivity index (χ2v) is 10.4. The number of hydrogen-bond acceptors (Lipinski definition) is 8. The minimum absolute atomic E-state index is 0.105. The molecule has 2 aromatic heterocycles. The molecule has 38 heavy (non-hydrogen) atoms. The van der Waals surface area contributed by atoms with Gasteiger partial charge in [-0.25, -0.2) is 13.8 Å². The summed E-state index contributed by atoms with van der Waals surface area (Å²) < 4.78 is 40.3. The lowest BCUT2D eigenvalue weighted by Crippen LogP contribution is -2.39. The molecule has 0 atom stereocenters. The number of ether oxygens (including phenoxy) is 2. The lowest BCUT2D eigenvalue weighted by molar-refractivity contribution is -0.137. The Morgan fingerprint density at radius 1 is 1.16 bits per heavy atom. The quantitative estimate of drug-likeness (QED) is 0.257. The van der Waals surface area contributed by atoms with E-state index < -0.39 is 30.1 Å². The fraction of sp³-hybridized carbons (Fsp3) is 0.269. The maximum atomic E-state index is 14.4. The van der Waals surface area contributed by atoms with Crippen molar-refractivity contribution in [2.24, 2.45) is 0 Å². The van der Waals surface area contributed by atoms with Crippen LogP contribution in [-0.2, 0) is 22.7 Å². The number of carboxylic acid groups (broad SMARTS) is 1. The van der Waals surface area contributed by atoms with E-state index in [-0.39, 0.29) is 24.2 Å². The summed E-state index contributed by atoms with van der Waals surface area (Å²) in [7, 11) is 3.26. The monoisotopic (exact) mass is 561 g/mol. The number of benzene rings is 2. The Morgan fingerprint density at radius 2 is 1.92 bits per heavy atom. The van der Waals surface area contributed by atoms with Gasteiger partial charge in [0.25, 0.3) is 5.91 Å². The Labute approximate surface area is 225 Å². The van der Waals surface area contributed by atoms with Gasteiger partial charge in [-0.3, -0.25) is 9.59 Å². The molecule has 1 amide bonds. The van der Waals surface area contributed by atoms with E-state index in [0.717, 1.165) is 4.88 Å². The van der Waals surface area contributed by atoms with Crippen LogP contribution in [0.5, 0.6) is 5.75 Å². The van der Waals surface area contributed by atoms with Gasteiger partial charge in [0, 0.05) is 46.1 Å². The average molecular weight is 562 g/mol. The molecule has 0 saturated carbocycles. The summed E-state index contributed by atoms with van der Waals surface area (Å²) in [4.78, 5) is 30.1. The summed E-state index contributed by atoms with van der Waals surface area (Å²) in [6, 6.07) is 9.77. The van der Waals surface area contributed by atoms with Crippen LogP contribution < -0.4 is 10.1 Å². The molecule has 0 aliphatic heterocycles. The van der Waals surface area contributed by atoms with Gasteiger partial charge in [0.15, 0.2) is 11.6 Å². The van der Waals surface area contributed by atoms with E-state index in [0.29, 0.717) is 39.7 Å². The normalized spacial score (nSPS) is 11.2. The van der Waals surface area contributed by atoms with Crippen LogP contribution in [-0.4, -0.2) is 60.7 Å². The Balaban J connectivity index is 1.45. The largest absolute Gasteiger partial charge is 0.486 e. The van der Waals surface area contributed by atoms with Crippen LogP contribution in [0.1, 0.15) is 20.4 Å². The number of hydrogen-bond donors (Lipinski definition) is 2. The molecule has 4 aromatic rings. The molecular weight excluding hydrogens is 536 g/mol. The summed E-state index contributed by atoms with van der Waals surface area (Å²) in [6.45, 7) is 0.685. The maximum absolute atomic E-state index is 14.4. The predicted octanol–water partition coefficient (Wildman–Crippen LogP) is 4.77. The summed E-state index contributed by atoms with van der Waals surface area (Å²) >= 11 is 2.59. The Kier molecular flexibility index (Phi) is 9.00. The molecule has 8 nitrogen and oxygen atoms in total. The molecule has 200 valence electrons. The smallest absolute Gasteiger partial charge is 0.323 e. The highest BCUT2D eigenvalue weighted by Crippen LogP contribution is 2.38. The number of carbonyl (C=O) groups excluding carboxylic acids is 1. The van der Waals surface area contributed by atoms with Gasteiger partial charge in [0.1, 0.15) is 29.6 Å². The molecule has 0 radical (unpaired) electrons. The van der Waals surface area contributed by atoms with E-state index in [1.54, 1.807) is 49.9 Å². The molecule has 0 bridgehead atoms. The second kappa shape index (κ2) is 12.4. The van der Waals surface area contributed by atoms with Crippen molar-refractivity contribution in [2.45, 2.75) is 13.2 Å². The van der Waals surface area contributed by atoms with Crippen molar-refractivity contribution in [1.82, 2.24) is 15.2 Å². The predicted molar refractivity (Wildman–Crippen MR) is 142 cm³/mol. The number of fused-ring (bicyclic) bond motifs is 1. The zero-order valence-electron chi connectivity index (χ0n) is 20.6. The van der Waals surface area contributed by atoms with Gasteiger partial charge in [-0.2, -0.15) is 0 Å². The van der Waals surface area contributed by atoms with Gasteiger partial charge in [0.05, 0.1) is 6.61 Å². The zero-order valence-corrected chi connectivity index (χ0v) is 22.3. The van der Waals surface area contributed by atoms with Crippen molar-refractivity contribution < 1.29 is 33.0 Å². The van der Waals surface area contributed by atoms with Gasteiger partial charge in [-0.05, 0) is 36.9 Å². The highest BCUT2D eigenvalue weighted by atomic mass is 32.1. The van der Waals surface area contributed by atoms with Crippen LogP contribution in [0.15, 0.2) is 41.8 Å². The minimum atomic E-state index is -1.10. The SMILES string of the molecule is CNCCN(CC(=O)O)C(=O)c1csc(COc2ccc(-c3cc(F)c(F)c4cc(COC)sc34)cc2)n1. The Morgan fingerprint density at radius 3 is 2.61 bits per heavy atom. The number of thiazole rings is 1. The number of carbonyl (C=O) groups is 2. The first-order chi connectivity index (χ1) is 18.3. The van der Waals surface area contributed by atoms with E-state index in [4.69, 9.17) is 14.6 Å². The molecular formula is C26H25F2N3O5S2. The van der Waals surface area contributed by atoms with E-state index >= 15 is 0 Å². The van der Waals surface area contributed by atoms with Gasteiger partial charge in [-0.15, -0.1) is 22.7 Å². The maximum Gasteiger partial charge on any atom is 0.323 e. The number of nitrogens with zero attached hydrogens (tertiary/aromatic N) is 2. The van der Waals surface area contributed by atoms with E-state index in [9.17, 15) is 18.4 Å². The molecule has 12 heteroatoms. The molecule has 0 aliphatic rings. The number of likely N-dealkylation sites (N-methyl/N-ethyl adjacent to an activating group) is 1. The number of aliphatic carboxylic acids is 1. The van der Waals surface area contributed by atoms with Gasteiger partial charge < -0.3 is 24.8 Å². The fourth-order valence-electron chi connectivity index (χ4n) is 3.79. The van der Waals surface area contributed by atoms with Crippen LogP contribution in [0, 0.1) is 11.6 Å². The van der Waals surface area contributed by atoms with Crippen molar-refractivity contribution in [1.29, 1.82) is 0 Å². The molecule has 2 aromatic carbocycles. The topological polar surface area (TPSA) is 101 Å². The summed E-state index contributed by atoms with van der Waals surface area (Å²) in [5, 5.41) is 14.3. The van der Waals surface area contributed by atoms with Gasteiger partial charge >= 0.3 is 5.97 Å². The van der Waals surface area contributed by atoms with Crippen LogP contribution in [0.25, 0.3) is 21.2 Å².